The molecule has 0 unspecified atom stereocenters. The first-order chi connectivity index (χ1) is 7.04. The summed E-state index contributed by atoms with van der Waals surface area (Å²) in [7, 11) is 5.42. The second-order valence-corrected chi connectivity index (χ2v) is 3.98. The summed E-state index contributed by atoms with van der Waals surface area (Å²) in [5, 5.41) is 0.661. The van der Waals surface area contributed by atoms with Gasteiger partial charge in [-0.05, 0) is 6.26 Å². The van der Waals surface area contributed by atoms with Gasteiger partial charge in [0, 0.05) is 27.2 Å². The third kappa shape index (κ3) is 3.09. The van der Waals surface area contributed by atoms with Crippen molar-refractivity contribution in [2.45, 2.75) is 5.16 Å². The van der Waals surface area contributed by atoms with Gasteiger partial charge in [0.05, 0.1) is 6.34 Å². The van der Waals surface area contributed by atoms with Gasteiger partial charge in [-0.2, -0.15) is 0 Å². The number of aromatic nitrogens is 2. The number of aliphatic imine (C=N–C) groups is 1. The van der Waals surface area contributed by atoms with Gasteiger partial charge in [-0.15, -0.1) is 0 Å². The molecule has 0 aliphatic rings. The van der Waals surface area contributed by atoms with Crippen LogP contribution in [-0.2, 0) is 7.05 Å². The van der Waals surface area contributed by atoms with Crippen LogP contribution in [0.15, 0.2) is 21.0 Å². The SMILES string of the molecule is CSc1nc(N=CN(C)C)cc(=O)n1C. The predicted octanol–water partition coefficient (Wildman–Crippen LogP) is 0.724. The Balaban J connectivity index is 3.12. The molecule has 0 aliphatic heterocycles. The van der Waals surface area contributed by atoms with Gasteiger partial charge in [0.15, 0.2) is 11.0 Å². The van der Waals surface area contributed by atoms with Crippen LogP contribution in [0, 0.1) is 0 Å². The smallest absolute Gasteiger partial charge is 0.256 e. The van der Waals surface area contributed by atoms with Crippen molar-refractivity contribution in [1.82, 2.24) is 14.5 Å². The summed E-state index contributed by atoms with van der Waals surface area (Å²) < 4.78 is 1.50. The summed E-state index contributed by atoms with van der Waals surface area (Å²) in [6.45, 7) is 0. The van der Waals surface area contributed by atoms with E-state index in [1.807, 2.05) is 20.4 Å². The Morgan fingerprint density at radius 3 is 2.80 bits per heavy atom. The van der Waals surface area contributed by atoms with Crippen LogP contribution in [0.25, 0.3) is 0 Å². The van der Waals surface area contributed by atoms with E-state index in [0.29, 0.717) is 11.0 Å². The predicted molar refractivity (Wildman–Crippen MR) is 63.1 cm³/mol. The quantitative estimate of drug-likeness (QED) is 0.330. The highest BCUT2D eigenvalue weighted by molar-refractivity contribution is 7.98. The Kier molecular flexibility index (Phi) is 3.90. The molecule has 0 saturated carbocycles. The van der Waals surface area contributed by atoms with Crippen molar-refractivity contribution in [3.63, 3.8) is 0 Å². The molecule has 82 valence electrons. The zero-order chi connectivity index (χ0) is 11.4. The Morgan fingerprint density at radius 1 is 1.60 bits per heavy atom. The monoisotopic (exact) mass is 226 g/mol. The maximum atomic E-state index is 11.5. The second kappa shape index (κ2) is 4.97. The molecule has 0 spiro atoms. The van der Waals surface area contributed by atoms with Crippen LogP contribution in [0.5, 0.6) is 0 Å². The molecule has 0 fully saturated rings. The largest absolute Gasteiger partial charge is 0.369 e. The molecule has 15 heavy (non-hydrogen) atoms. The van der Waals surface area contributed by atoms with E-state index >= 15 is 0 Å². The Labute approximate surface area is 92.8 Å². The molecular formula is C9H14N4OS. The molecule has 0 amide bonds. The number of hydrogen-bond acceptors (Lipinski definition) is 4. The van der Waals surface area contributed by atoms with E-state index < -0.39 is 0 Å². The molecule has 0 aromatic carbocycles. The fourth-order valence-corrected chi connectivity index (χ4v) is 1.48. The minimum absolute atomic E-state index is 0.0970. The van der Waals surface area contributed by atoms with Crippen molar-refractivity contribution in [3.05, 3.63) is 16.4 Å². The van der Waals surface area contributed by atoms with Gasteiger partial charge in [-0.25, -0.2) is 9.98 Å². The molecule has 0 radical (unpaired) electrons. The zero-order valence-corrected chi connectivity index (χ0v) is 10.1. The summed E-state index contributed by atoms with van der Waals surface area (Å²) in [5.41, 5.74) is -0.0970. The van der Waals surface area contributed by atoms with Crippen LogP contribution < -0.4 is 5.56 Å². The van der Waals surface area contributed by atoms with Gasteiger partial charge in [0.25, 0.3) is 5.56 Å². The Hall–Kier alpha value is -1.30. The molecule has 1 aromatic heterocycles. The summed E-state index contributed by atoms with van der Waals surface area (Å²) in [6.07, 6.45) is 3.49. The highest BCUT2D eigenvalue weighted by Crippen LogP contribution is 2.12. The van der Waals surface area contributed by atoms with E-state index in [9.17, 15) is 4.79 Å². The van der Waals surface area contributed by atoms with Gasteiger partial charge in [0.2, 0.25) is 0 Å². The van der Waals surface area contributed by atoms with Crippen molar-refractivity contribution in [3.8, 4) is 0 Å². The third-order valence-electron chi connectivity index (χ3n) is 1.68. The number of nitrogens with zero attached hydrogens (tertiary/aromatic N) is 4. The molecule has 1 aromatic rings. The standard InChI is InChI=1S/C9H14N4OS/c1-12(2)6-10-7-5-8(14)13(3)9(11-7)15-4/h5-6H,1-4H3. The molecule has 0 atom stereocenters. The molecular weight excluding hydrogens is 212 g/mol. The topological polar surface area (TPSA) is 50.5 Å². The van der Waals surface area contributed by atoms with E-state index in [0.717, 1.165) is 0 Å². The van der Waals surface area contributed by atoms with Crippen LogP contribution in [0.1, 0.15) is 0 Å². The number of thioether (sulfide) groups is 1. The lowest BCUT2D eigenvalue weighted by atomic mass is 10.6. The summed E-state index contributed by atoms with van der Waals surface area (Å²) >= 11 is 1.42. The summed E-state index contributed by atoms with van der Waals surface area (Å²) in [4.78, 5) is 21.6. The minimum Gasteiger partial charge on any atom is -0.369 e. The van der Waals surface area contributed by atoms with Crippen LogP contribution in [0.4, 0.5) is 5.82 Å². The highest BCUT2D eigenvalue weighted by atomic mass is 32.2. The first kappa shape index (κ1) is 11.8. The zero-order valence-electron chi connectivity index (χ0n) is 9.26. The number of rotatable bonds is 3. The lowest BCUT2D eigenvalue weighted by molar-refractivity contribution is 0.642. The third-order valence-corrected chi connectivity index (χ3v) is 2.41. The normalized spacial score (nSPS) is 10.9. The van der Waals surface area contributed by atoms with Gasteiger partial charge in [-0.3, -0.25) is 9.36 Å². The van der Waals surface area contributed by atoms with E-state index in [1.165, 1.54) is 22.4 Å². The van der Waals surface area contributed by atoms with E-state index in [4.69, 9.17) is 0 Å². The molecule has 0 N–H and O–H groups in total. The fraction of sp³-hybridized carbons (Fsp3) is 0.444. The van der Waals surface area contributed by atoms with Crippen molar-refractivity contribution >= 4 is 23.9 Å². The maximum absolute atomic E-state index is 11.5. The molecule has 5 nitrogen and oxygen atoms in total. The fourth-order valence-electron chi connectivity index (χ4n) is 0.930. The molecule has 0 saturated heterocycles. The summed E-state index contributed by atoms with van der Waals surface area (Å²) in [6, 6.07) is 1.42. The molecule has 6 heteroatoms. The van der Waals surface area contributed by atoms with Gasteiger partial charge in [-0.1, -0.05) is 11.8 Å². The van der Waals surface area contributed by atoms with E-state index in [1.54, 1.807) is 18.3 Å². The first-order valence-corrected chi connectivity index (χ1v) is 5.59. The van der Waals surface area contributed by atoms with Crippen molar-refractivity contribution in [2.75, 3.05) is 20.4 Å². The maximum Gasteiger partial charge on any atom is 0.256 e. The summed E-state index contributed by atoms with van der Waals surface area (Å²) in [5.74, 6) is 0.441. The Bertz CT molecular complexity index is 425. The van der Waals surface area contributed by atoms with Gasteiger partial charge >= 0.3 is 0 Å². The highest BCUT2D eigenvalue weighted by Gasteiger charge is 2.02. The van der Waals surface area contributed by atoms with Gasteiger partial charge in [0.1, 0.15) is 0 Å². The van der Waals surface area contributed by atoms with E-state index in [2.05, 4.69) is 9.98 Å². The number of hydrogen-bond donors (Lipinski definition) is 0. The van der Waals surface area contributed by atoms with Crippen LogP contribution in [0.3, 0.4) is 0 Å². The average Bonchev–Trinajstić information content (AvgIpc) is 2.19. The minimum atomic E-state index is -0.0970. The Morgan fingerprint density at radius 2 is 2.27 bits per heavy atom. The molecule has 1 heterocycles. The average molecular weight is 226 g/mol. The van der Waals surface area contributed by atoms with Crippen LogP contribution in [-0.4, -0.2) is 41.1 Å². The van der Waals surface area contributed by atoms with Crippen molar-refractivity contribution in [1.29, 1.82) is 0 Å². The first-order valence-electron chi connectivity index (χ1n) is 4.37. The van der Waals surface area contributed by atoms with Crippen molar-refractivity contribution < 1.29 is 0 Å². The van der Waals surface area contributed by atoms with Gasteiger partial charge < -0.3 is 4.90 Å². The molecule has 1 rings (SSSR count). The lowest BCUT2D eigenvalue weighted by Crippen LogP contribution is -2.18. The van der Waals surface area contributed by atoms with Crippen molar-refractivity contribution in [2.24, 2.45) is 12.0 Å². The van der Waals surface area contributed by atoms with Crippen LogP contribution >= 0.6 is 11.8 Å². The lowest BCUT2D eigenvalue weighted by Gasteiger charge is -2.05. The van der Waals surface area contributed by atoms with Crippen LogP contribution in [0.2, 0.25) is 0 Å². The van der Waals surface area contributed by atoms with E-state index in [-0.39, 0.29) is 5.56 Å². The second-order valence-electron chi connectivity index (χ2n) is 3.21. The molecule has 0 aliphatic carbocycles. The molecule has 0 bridgehead atoms.